The van der Waals surface area contributed by atoms with E-state index in [1.54, 1.807) is 0 Å². The van der Waals surface area contributed by atoms with E-state index in [1.807, 2.05) is 0 Å². The summed E-state index contributed by atoms with van der Waals surface area (Å²) in [6.07, 6.45) is 3.79. The van der Waals surface area contributed by atoms with Crippen molar-refractivity contribution < 1.29 is 9.53 Å². The highest BCUT2D eigenvalue weighted by molar-refractivity contribution is 7.11. The summed E-state index contributed by atoms with van der Waals surface area (Å²) >= 11 is 1.21. The molecule has 0 saturated heterocycles. The number of hydrogen-bond donors (Lipinski definition) is 2. The van der Waals surface area contributed by atoms with Gasteiger partial charge in [0.1, 0.15) is 10.6 Å². The first kappa shape index (κ1) is 12.2. The highest BCUT2D eigenvalue weighted by atomic mass is 32.1. The van der Waals surface area contributed by atoms with Crippen LogP contribution >= 0.6 is 11.5 Å². The number of nitrogens with one attached hydrogen (secondary N) is 1. The standard InChI is InChI=1S/C11H17N3O2S/c1-6(7-4-3-5-7)13-10-8(11(15)16-2)9(12)14-17-10/h6-7,13H,3-5H2,1-2H3,(H2,12,14). The first-order chi connectivity index (χ1) is 8.13. The zero-order valence-corrected chi connectivity index (χ0v) is 10.8. The topological polar surface area (TPSA) is 77.2 Å². The van der Waals surface area contributed by atoms with Crippen LogP contribution in [0.15, 0.2) is 0 Å². The van der Waals surface area contributed by atoms with Gasteiger partial charge in [0.25, 0.3) is 0 Å². The smallest absolute Gasteiger partial charge is 0.344 e. The number of anilines is 2. The molecular weight excluding hydrogens is 238 g/mol. The summed E-state index contributed by atoms with van der Waals surface area (Å²) in [4.78, 5) is 11.6. The molecule has 0 aliphatic heterocycles. The summed E-state index contributed by atoms with van der Waals surface area (Å²) in [7, 11) is 1.35. The summed E-state index contributed by atoms with van der Waals surface area (Å²) in [5.41, 5.74) is 6.04. The third kappa shape index (κ3) is 2.36. The number of methoxy groups -OCH3 is 1. The third-order valence-corrected chi connectivity index (χ3v) is 4.12. The average molecular weight is 255 g/mol. The Labute approximate surface area is 105 Å². The van der Waals surface area contributed by atoms with Gasteiger partial charge in [-0.25, -0.2) is 4.79 Å². The van der Waals surface area contributed by atoms with Crippen LogP contribution in [-0.4, -0.2) is 23.5 Å². The van der Waals surface area contributed by atoms with Crippen molar-refractivity contribution in [2.24, 2.45) is 5.92 Å². The number of hydrogen-bond acceptors (Lipinski definition) is 6. The second-order valence-corrected chi connectivity index (χ2v) is 5.16. The number of carbonyl (C=O) groups excluding carboxylic acids is 1. The number of rotatable bonds is 4. The molecule has 0 bridgehead atoms. The van der Waals surface area contributed by atoms with Crippen molar-refractivity contribution >= 4 is 28.3 Å². The van der Waals surface area contributed by atoms with Crippen molar-refractivity contribution in [3.05, 3.63) is 5.56 Å². The Hall–Kier alpha value is -1.30. The Balaban J connectivity index is 2.12. The predicted octanol–water partition coefficient (Wildman–Crippen LogP) is 2.11. The average Bonchev–Trinajstić information content (AvgIpc) is 2.56. The van der Waals surface area contributed by atoms with Crippen molar-refractivity contribution in [2.45, 2.75) is 32.2 Å². The van der Waals surface area contributed by atoms with Crippen LogP contribution in [0.5, 0.6) is 0 Å². The Kier molecular flexibility index (Phi) is 3.51. The molecule has 3 N–H and O–H groups in total. The first-order valence-electron chi connectivity index (χ1n) is 5.73. The molecule has 94 valence electrons. The van der Waals surface area contributed by atoms with Crippen LogP contribution in [0.25, 0.3) is 0 Å². The van der Waals surface area contributed by atoms with Gasteiger partial charge in [-0.1, -0.05) is 6.42 Å². The van der Waals surface area contributed by atoms with Gasteiger partial charge >= 0.3 is 5.97 Å². The van der Waals surface area contributed by atoms with Gasteiger partial charge in [-0.15, -0.1) is 0 Å². The molecule has 1 fully saturated rings. The van der Waals surface area contributed by atoms with E-state index in [4.69, 9.17) is 10.5 Å². The van der Waals surface area contributed by atoms with Gasteiger partial charge in [0.05, 0.1) is 7.11 Å². The van der Waals surface area contributed by atoms with Crippen LogP contribution in [-0.2, 0) is 4.74 Å². The molecule has 17 heavy (non-hydrogen) atoms. The molecule has 1 unspecified atom stereocenters. The zero-order valence-electron chi connectivity index (χ0n) is 10.0. The lowest BCUT2D eigenvalue weighted by Crippen LogP contribution is -2.31. The number of esters is 1. The molecule has 1 aliphatic rings. The maximum absolute atomic E-state index is 11.6. The fraction of sp³-hybridized carbons (Fsp3) is 0.636. The summed E-state index contributed by atoms with van der Waals surface area (Å²) in [6, 6.07) is 0.340. The quantitative estimate of drug-likeness (QED) is 0.806. The van der Waals surface area contributed by atoms with Crippen molar-refractivity contribution in [1.29, 1.82) is 0 Å². The third-order valence-electron chi connectivity index (χ3n) is 3.32. The first-order valence-corrected chi connectivity index (χ1v) is 6.50. The molecule has 1 heterocycles. The lowest BCUT2D eigenvalue weighted by molar-refractivity contribution is 0.0603. The summed E-state index contributed by atoms with van der Waals surface area (Å²) in [5, 5.41) is 4.04. The maximum Gasteiger partial charge on any atom is 0.344 e. The molecule has 1 aliphatic carbocycles. The van der Waals surface area contributed by atoms with Crippen LogP contribution in [0.2, 0.25) is 0 Å². The lowest BCUT2D eigenvalue weighted by atomic mass is 9.80. The molecule has 1 saturated carbocycles. The number of ether oxygens (including phenoxy) is 1. The van der Waals surface area contributed by atoms with E-state index < -0.39 is 5.97 Å². The van der Waals surface area contributed by atoms with E-state index in [0.29, 0.717) is 22.5 Å². The molecule has 2 rings (SSSR count). The second-order valence-electron chi connectivity index (χ2n) is 4.39. The normalized spacial score (nSPS) is 17.3. The van der Waals surface area contributed by atoms with Crippen LogP contribution in [0.3, 0.4) is 0 Å². The van der Waals surface area contributed by atoms with E-state index in [0.717, 1.165) is 0 Å². The van der Waals surface area contributed by atoms with E-state index in [9.17, 15) is 4.79 Å². The molecule has 0 radical (unpaired) electrons. The molecule has 0 spiro atoms. The van der Waals surface area contributed by atoms with Crippen molar-refractivity contribution in [2.75, 3.05) is 18.2 Å². The van der Waals surface area contributed by atoms with E-state index in [-0.39, 0.29) is 5.82 Å². The van der Waals surface area contributed by atoms with E-state index >= 15 is 0 Å². The van der Waals surface area contributed by atoms with Crippen molar-refractivity contribution in [3.8, 4) is 0 Å². The Bertz CT molecular complexity index is 415. The molecule has 0 amide bonds. The minimum Gasteiger partial charge on any atom is -0.465 e. The summed E-state index contributed by atoms with van der Waals surface area (Å²) in [5.74, 6) is 0.494. The molecular formula is C11H17N3O2S. The number of nitrogen functional groups attached to an aromatic ring is 1. The molecule has 1 aromatic rings. The van der Waals surface area contributed by atoms with Gasteiger partial charge in [-0.05, 0) is 37.2 Å². The zero-order chi connectivity index (χ0) is 12.4. The fourth-order valence-electron chi connectivity index (χ4n) is 1.96. The molecule has 1 aromatic heterocycles. The minimum atomic E-state index is -0.431. The Morgan fingerprint density at radius 3 is 2.88 bits per heavy atom. The van der Waals surface area contributed by atoms with Gasteiger partial charge in [0.2, 0.25) is 0 Å². The summed E-state index contributed by atoms with van der Waals surface area (Å²) in [6.45, 7) is 2.13. The van der Waals surface area contributed by atoms with E-state index in [2.05, 4.69) is 16.6 Å². The Morgan fingerprint density at radius 2 is 2.35 bits per heavy atom. The highest BCUT2D eigenvalue weighted by Crippen LogP contribution is 2.34. The number of aromatic nitrogens is 1. The molecule has 5 nitrogen and oxygen atoms in total. The maximum atomic E-state index is 11.6. The van der Waals surface area contributed by atoms with Gasteiger partial charge < -0.3 is 15.8 Å². The van der Waals surface area contributed by atoms with Gasteiger partial charge in [-0.3, -0.25) is 0 Å². The Morgan fingerprint density at radius 1 is 1.65 bits per heavy atom. The SMILES string of the molecule is COC(=O)c1c(N)nsc1NC(C)C1CCC1. The van der Waals surface area contributed by atoms with E-state index in [1.165, 1.54) is 37.9 Å². The molecule has 0 aromatic carbocycles. The number of nitrogens with two attached hydrogens (primary N) is 1. The van der Waals surface area contributed by atoms with Crippen LogP contribution < -0.4 is 11.1 Å². The lowest BCUT2D eigenvalue weighted by Gasteiger charge is -2.32. The largest absolute Gasteiger partial charge is 0.465 e. The predicted molar refractivity (Wildman–Crippen MR) is 68.3 cm³/mol. The second kappa shape index (κ2) is 4.91. The number of carbonyl (C=O) groups is 1. The number of nitrogens with zero attached hydrogens (tertiary/aromatic N) is 1. The van der Waals surface area contributed by atoms with Crippen molar-refractivity contribution in [1.82, 2.24) is 4.37 Å². The van der Waals surface area contributed by atoms with Crippen molar-refractivity contribution in [3.63, 3.8) is 0 Å². The minimum absolute atomic E-state index is 0.241. The monoisotopic (exact) mass is 255 g/mol. The summed E-state index contributed by atoms with van der Waals surface area (Å²) < 4.78 is 8.70. The molecule has 1 atom stereocenters. The fourth-order valence-corrected chi connectivity index (χ4v) is 2.76. The van der Waals surface area contributed by atoms with Crippen LogP contribution in [0.4, 0.5) is 10.8 Å². The molecule has 6 heteroatoms. The van der Waals surface area contributed by atoms with Gasteiger partial charge in [-0.2, -0.15) is 4.37 Å². The van der Waals surface area contributed by atoms with Gasteiger partial charge in [0.15, 0.2) is 5.82 Å². The van der Waals surface area contributed by atoms with Crippen LogP contribution in [0, 0.1) is 5.92 Å². The highest BCUT2D eigenvalue weighted by Gasteiger charge is 2.27. The van der Waals surface area contributed by atoms with Gasteiger partial charge in [0, 0.05) is 6.04 Å². The van der Waals surface area contributed by atoms with Crippen LogP contribution in [0.1, 0.15) is 36.5 Å².